The summed E-state index contributed by atoms with van der Waals surface area (Å²) in [5.74, 6) is 7.06. The maximum atomic E-state index is 9.21. The zero-order chi connectivity index (χ0) is 15.1. The molecule has 0 aliphatic carbocycles. The summed E-state index contributed by atoms with van der Waals surface area (Å²) in [5, 5.41) is 9.21. The summed E-state index contributed by atoms with van der Waals surface area (Å²) in [6, 6.07) is 0. The lowest BCUT2D eigenvalue weighted by atomic mass is 10.1. The molecule has 8 heteroatoms. The van der Waals surface area contributed by atoms with E-state index in [1.807, 2.05) is 4.90 Å². The highest BCUT2D eigenvalue weighted by molar-refractivity contribution is 5.45. The van der Waals surface area contributed by atoms with Gasteiger partial charge in [0.15, 0.2) is 0 Å². The van der Waals surface area contributed by atoms with Crippen LogP contribution < -0.4 is 21.1 Å². The summed E-state index contributed by atoms with van der Waals surface area (Å²) in [6.45, 7) is 5.35. The number of hydrogen-bond acceptors (Lipinski definition) is 8. The Labute approximate surface area is 125 Å². The van der Waals surface area contributed by atoms with Gasteiger partial charge in [-0.05, 0) is 25.7 Å². The predicted molar refractivity (Wildman–Crippen MR) is 83.3 cm³/mol. The van der Waals surface area contributed by atoms with Gasteiger partial charge in [-0.3, -0.25) is 5.43 Å². The SMILES string of the molecule is CCCN(CCO)c1nc(NN)nc(N2CCCCC2)n1. The lowest BCUT2D eigenvalue weighted by molar-refractivity contribution is 0.301. The second kappa shape index (κ2) is 7.94. The van der Waals surface area contributed by atoms with E-state index in [1.165, 1.54) is 6.42 Å². The molecule has 0 amide bonds. The number of nitrogens with zero attached hydrogens (tertiary/aromatic N) is 5. The van der Waals surface area contributed by atoms with Crippen LogP contribution in [0.15, 0.2) is 0 Å². The number of anilines is 3. The first-order chi connectivity index (χ1) is 10.3. The minimum Gasteiger partial charge on any atom is -0.395 e. The van der Waals surface area contributed by atoms with Crippen molar-refractivity contribution in [3.05, 3.63) is 0 Å². The minimum absolute atomic E-state index is 0.0656. The average Bonchev–Trinajstić information content (AvgIpc) is 2.55. The normalized spacial score (nSPS) is 15.1. The third kappa shape index (κ3) is 4.15. The molecule has 0 radical (unpaired) electrons. The van der Waals surface area contributed by atoms with E-state index in [9.17, 15) is 5.11 Å². The molecule has 0 unspecified atom stereocenters. The molecule has 0 bridgehead atoms. The first-order valence-corrected chi connectivity index (χ1v) is 7.62. The fourth-order valence-corrected chi connectivity index (χ4v) is 2.50. The van der Waals surface area contributed by atoms with Gasteiger partial charge in [0.05, 0.1) is 6.61 Å². The number of rotatable bonds is 7. The van der Waals surface area contributed by atoms with Gasteiger partial charge in [-0.1, -0.05) is 6.92 Å². The maximum Gasteiger partial charge on any atom is 0.243 e. The molecule has 1 aliphatic heterocycles. The highest BCUT2D eigenvalue weighted by Gasteiger charge is 2.18. The van der Waals surface area contributed by atoms with E-state index in [-0.39, 0.29) is 6.61 Å². The lowest BCUT2D eigenvalue weighted by Gasteiger charge is -2.28. The molecule has 0 atom stereocenters. The first kappa shape index (κ1) is 15.7. The van der Waals surface area contributed by atoms with Gasteiger partial charge in [-0.2, -0.15) is 15.0 Å². The van der Waals surface area contributed by atoms with Gasteiger partial charge in [-0.15, -0.1) is 0 Å². The number of nitrogen functional groups attached to an aromatic ring is 1. The van der Waals surface area contributed by atoms with Crippen molar-refractivity contribution in [2.45, 2.75) is 32.6 Å². The zero-order valence-corrected chi connectivity index (χ0v) is 12.6. The Morgan fingerprint density at radius 2 is 1.95 bits per heavy atom. The molecule has 21 heavy (non-hydrogen) atoms. The lowest BCUT2D eigenvalue weighted by Crippen LogP contribution is -2.34. The molecule has 1 aromatic rings. The van der Waals surface area contributed by atoms with Crippen molar-refractivity contribution in [2.75, 3.05) is 48.0 Å². The third-order valence-corrected chi connectivity index (χ3v) is 3.53. The van der Waals surface area contributed by atoms with Crippen LogP contribution in [0.1, 0.15) is 32.6 Å². The van der Waals surface area contributed by atoms with E-state index in [4.69, 9.17) is 5.84 Å². The molecule has 0 spiro atoms. The van der Waals surface area contributed by atoms with Gasteiger partial charge in [0.25, 0.3) is 0 Å². The van der Waals surface area contributed by atoms with Crippen molar-refractivity contribution in [3.63, 3.8) is 0 Å². The topological polar surface area (TPSA) is 103 Å². The molecular weight excluding hydrogens is 270 g/mol. The number of nitrogens with two attached hydrogens (primary N) is 1. The molecular formula is C13H25N7O. The minimum atomic E-state index is 0.0656. The van der Waals surface area contributed by atoms with Crippen molar-refractivity contribution in [3.8, 4) is 0 Å². The first-order valence-electron chi connectivity index (χ1n) is 7.62. The molecule has 1 aliphatic rings. The monoisotopic (exact) mass is 295 g/mol. The molecule has 8 nitrogen and oxygen atoms in total. The Hall–Kier alpha value is -1.67. The van der Waals surface area contributed by atoms with E-state index in [0.717, 1.165) is 38.9 Å². The Morgan fingerprint density at radius 3 is 2.57 bits per heavy atom. The Kier molecular flexibility index (Phi) is 5.94. The second-order valence-electron chi connectivity index (χ2n) is 5.16. The second-order valence-corrected chi connectivity index (χ2v) is 5.16. The van der Waals surface area contributed by atoms with Crippen LogP contribution in [0.3, 0.4) is 0 Å². The summed E-state index contributed by atoms with van der Waals surface area (Å²) in [6.07, 6.45) is 4.52. The van der Waals surface area contributed by atoms with Crippen molar-refractivity contribution in [2.24, 2.45) is 5.84 Å². The molecule has 1 aromatic heterocycles. The number of aliphatic hydroxyl groups is 1. The van der Waals surface area contributed by atoms with E-state index in [1.54, 1.807) is 0 Å². The van der Waals surface area contributed by atoms with Crippen LogP contribution in [0, 0.1) is 0 Å². The van der Waals surface area contributed by atoms with Gasteiger partial charge in [-0.25, -0.2) is 5.84 Å². The number of aromatic nitrogens is 3. The Morgan fingerprint density at radius 1 is 1.19 bits per heavy atom. The van der Waals surface area contributed by atoms with Crippen LogP contribution in [0.25, 0.3) is 0 Å². The highest BCUT2D eigenvalue weighted by Crippen LogP contribution is 2.20. The Balaban J connectivity index is 2.26. The fraction of sp³-hybridized carbons (Fsp3) is 0.769. The standard InChI is InChI=1S/C13H25N7O/c1-2-6-19(9-10-21)12-15-11(18-14)16-13(17-12)20-7-4-3-5-8-20/h21H,2-10,14H2,1H3,(H,15,16,17,18). The highest BCUT2D eigenvalue weighted by atomic mass is 16.3. The molecule has 0 saturated carbocycles. The predicted octanol–water partition coefficient (Wildman–Crippen LogP) is 0.356. The number of aliphatic hydroxyl groups excluding tert-OH is 1. The Bertz CT molecular complexity index is 431. The summed E-state index contributed by atoms with van der Waals surface area (Å²) in [4.78, 5) is 17.4. The smallest absolute Gasteiger partial charge is 0.243 e. The van der Waals surface area contributed by atoms with Crippen molar-refractivity contribution in [1.29, 1.82) is 0 Å². The summed E-state index contributed by atoms with van der Waals surface area (Å²) >= 11 is 0. The van der Waals surface area contributed by atoms with Crippen LogP contribution in [-0.2, 0) is 0 Å². The summed E-state index contributed by atoms with van der Waals surface area (Å²) in [5.41, 5.74) is 2.51. The maximum absolute atomic E-state index is 9.21. The van der Waals surface area contributed by atoms with Crippen LogP contribution >= 0.6 is 0 Å². The van der Waals surface area contributed by atoms with Gasteiger partial charge < -0.3 is 14.9 Å². The van der Waals surface area contributed by atoms with Crippen molar-refractivity contribution in [1.82, 2.24) is 15.0 Å². The van der Waals surface area contributed by atoms with Crippen LogP contribution in [0.2, 0.25) is 0 Å². The number of hydrazine groups is 1. The van der Waals surface area contributed by atoms with E-state index in [2.05, 4.69) is 32.2 Å². The van der Waals surface area contributed by atoms with Gasteiger partial charge in [0, 0.05) is 26.2 Å². The fourth-order valence-electron chi connectivity index (χ4n) is 2.50. The van der Waals surface area contributed by atoms with Gasteiger partial charge >= 0.3 is 0 Å². The summed E-state index contributed by atoms with van der Waals surface area (Å²) in [7, 11) is 0. The van der Waals surface area contributed by atoms with Gasteiger partial charge in [0.2, 0.25) is 17.8 Å². The van der Waals surface area contributed by atoms with E-state index >= 15 is 0 Å². The number of piperidine rings is 1. The molecule has 118 valence electrons. The number of nitrogens with one attached hydrogen (secondary N) is 1. The van der Waals surface area contributed by atoms with Gasteiger partial charge in [0.1, 0.15) is 0 Å². The third-order valence-electron chi connectivity index (χ3n) is 3.53. The molecule has 4 N–H and O–H groups in total. The number of hydrogen-bond donors (Lipinski definition) is 3. The van der Waals surface area contributed by atoms with E-state index < -0.39 is 0 Å². The quantitative estimate of drug-likeness (QED) is 0.489. The van der Waals surface area contributed by atoms with Crippen molar-refractivity contribution < 1.29 is 5.11 Å². The molecule has 0 aromatic carbocycles. The van der Waals surface area contributed by atoms with Crippen molar-refractivity contribution >= 4 is 17.8 Å². The van der Waals surface area contributed by atoms with Crippen LogP contribution in [0.5, 0.6) is 0 Å². The molecule has 2 rings (SSSR count). The van der Waals surface area contributed by atoms with Crippen LogP contribution in [0.4, 0.5) is 17.8 Å². The average molecular weight is 295 g/mol. The van der Waals surface area contributed by atoms with E-state index in [0.29, 0.717) is 24.4 Å². The largest absolute Gasteiger partial charge is 0.395 e. The molecule has 1 fully saturated rings. The zero-order valence-electron chi connectivity index (χ0n) is 12.6. The van der Waals surface area contributed by atoms with Crippen LogP contribution in [-0.4, -0.2) is 52.8 Å². The summed E-state index contributed by atoms with van der Waals surface area (Å²) < 4.78 is 0. The molecule has 1 saturated heterocycles. The molecule has 2 heterocycles.